The van der Waals surface area contributed by atoms with Crippen molar-refractivity contribution in [1.82, 2.24) is 20.1 Å². The standard InChI is InChI=1S/C18H18N4O3/c1-24-16-8-5-14(17(9-16)25-2)10-20-18(23)13-3-6-15(7-4-13)22-12-19-11-21-22/h3-9,11-12H,10H2,1-2H3,(H,20,23). The largest absolute Gasteiger partial charge is 0.497 e. The van der Waals surface area contributed by atoms with Crippen LogP contribution in [0.15, 0.2) is 55.1 Å². The molecule has 0 saturated heterocycles. The number of amides is 1. The second-order valence-electron chi connectivity index (χ2n) is 5.25. The van der Waals surface area contributed by atoms with Gasteiger partial charge in [0.05, 0.1) is 19.9 Å². The number of carbonyl (C=O) groups is 1. The molecule has 0 bridgehead atoms. The lowest BCUT2D eigenvalue weighted by molar-refractivity contribution is 0.0950. The van der Waals surface area contributed by atoms with E-state index in [4.69, 9.17) is 9.47 Å². The van der Waals surface area contributed by atoms with Crippen LogP contribution in [0.4, 0.5) is 0 Å². The van der Waals surface area contributed by atoms with Gasteiger partial charge >= 0.3 is 0 Å². The van der Waals surface area contributed by atoms with Crippen molar-refractivity contribution in [2.45, 2.75) is 6.54 Å². The van der Waals surface area contributed by atoms with Gasteiger partial charge in [-0.3, -0.25) is 4.79 Å². The number of methoxy groups -OCH3 is 2. The Morgan fingerprint density at radius 1 is 1.12 bits per heavy atom. The van der Waals surface area contributed by atoms with E-state index < -0.39 is 0 Å². The van der Waals surface area contributed by atoms with Gasteiger partial charge in [0.25, 0.3) is 5.91 Å². The highest BCUT2D eigenvalue weighted by molar-refractivity contribution is 5.94. The first kappa shape index (κ1) is 16.5. The highest BCUT2D eigenvalue weighted by Crippen LogP contribution is 2.24. The van der Waals surface area contributed by atoms with Gasteiger partial charge in [0.2, 0.25) is 0 Å². The molecule has 0 aliphatic rings. The van der Waals surface area contributed by atoms with E-state index >= 15 is 0 Å². The molecule has 7 nitrogen and oxygen atoms in total. The molecule has 0 unspecified atom stereocenters. The highest BCUT2D eigenvalue weighted by atomic mass is 16.5. The van der Waals surface area contributed by atoms with Crippen molar-refractivity contribution in [2.75, 3.05) is 14.2 Å². The molecule has 3 aromatic rings. The summed E-state index contributed by atoms with van der Waals surface area (Å²) in [7, 11) is 3.18. The zero-order valence-electron chi connectivity index (χ0n) is 14.0. The molecule has 1 N–H and O–H groups in total. The Labute approximate surface area is 145 Å². The van der Waals surface area contributed by atoms with Crippen LogP contribution in [0.2, 0.25) is 0 Å². The van der Waals surface area contributed by atoms with Gasteiger partial charge in [-0.15, -0.1) is 0 Å². The molecule has 0 saturated carbocycles. The van der Waals surface area contributed by atoms with Crippen LogP contribution in [0.5, 0.6) is 11.5 Å². The van der Waals surface area contributed by atoms with Gasteiger partial charge in [-0.2, -0.15) is 5.10 Å². The lowest BCUT2D eigenvalue weighted by atomic mass is 10.1. The third-order valence-electron chi connectivity index (χ3n) is 3.75. The van der Waals surface area contributed by atoms with Gasteiger partial charge in [-0.05, 0) is 36.4 Å². The second-order valence-corrected chi connectivity index (χ2v) is 5.25. The number of aromatic nitrogens is 3. The van der Waals surface area contributed by atoms with Crippen LogP contribution in [0, 0.1) is 0 Å². The molecule has 0 spiro atoms. The van der Waals surface area contributed by atoms with Crippen LogP contribution in [-0.2, 0) is 6.54 Å². The molecule has 0 aliphatic heterocycles. The Balaban J connectivity index is 1.66. The molecule has 1 heterocycles. The molecule has 1 amide bonds. The Morgan fingerprint density at radius 3 is 2.56 bits per heavy atom. The maximum Gasteiger partial charge on any atom is 0.251 e. The van der Waals surface area contributed by atoms with Crippen molar-refractivity contribution < 1.29 is 14.3 Å². The quantitative estimate of drug-likeness (QED) is 0.745. The van der Waals surface area contributed by atoms with Crippen LogP contribution >= 0.6 is 0 Å². The van der Waals surface area contributed by atoms with Crippen molar-refractivity contribution in [3.8, 4) is 17.2 Å². The predicted octanol–water partition coefficient (Wildman–Crippen LogP) is 2.21. The van der Waals surface area contributed by atoms with Crippen LogP contribution in [0.25, 0.3) is 5.69 Å². The fourth-order valence-corrected chi connectivity index (χ4v) is 2.38. The number of benzene rings is 2. The lowest BCUT2D eigenvalue weighted by Crippen LogP contribution is -2.23. The van der Waals surface area contributed by atoms with E-state index in [-0.39, 0.29) is 5.91 Å². The highest BCUT2D eigenvalue weighted by Gasteiger charge is 2.09. The maximum absolute atomic E-state index is 12.3. The minimum Gasteiger partial charge on any atom is -0.497 e. The fraction of sp³-hybridized carbons (Fsp3) is 0.167. The molecule has 3 rings (SSSR count). The van der Waals surface area contributed by atoms with E-state index in [1.807, 2.05) is 24.3 Å². The molecule has 25 heavy (non-hydrogen) atoms. The molecule has 128 valence electrons. The summed E-state index contributed by atoms with van der Waals surface area (Å²) in [5, 5.41) is 6.94. The number of hydrogen-bond donors (Lipinski definition) is 1. The third-order valence-corrected chi connectivity index (χ3v) is 3.75. The van der Waals surface area contributed by atoms with E-state index in [2.05, 4.69) is 15.4 Å². The van der Waals surface area contributed by atoms with E-state index in [0.29, 0.717) is 23.6 Å². The van der Waals surface area contributed by atoms with Gasteiger partial charge in [-0.25, -0.2) is 9.67 Å². The third kappa shape index (κ3) is 3.77. The topological polar surface area (TPSA) is 78.3 Å². The Morgan fingerprint density at radius 2 is 1.92 bits per heavy atom. The summed E-state index contributed by atoms with van der Waals surface area (Å²) in [6, 6.07) is 12.6. The zero-order chi connectivity index (χ0) is 17.6. The van der Waals surface area contributed by atoms with Gasteiger partial charge < -0.3 is 14.8 Å². The van der Waals surface area contributed by atoms with E-state index in [1.54, 1.807) is 43.4 Å². The van der Waals surface area contributed by atoms with E-state index in [1.165, 1.54) is 6.33 Å². The maximum atomic E-state index is 12.3. The van der Waals surface area contributed by atoms with Crippen molar-refractivity contribution in [3.63, 3.8) is 0 Å². The SMILES string of the molecule is COc1ccc(CNC(=O)c2ccc(-n3cncn3)cc2)c(OC)c1. The molecule has 0 fully saturated rings. The van der Waals surface area contributed by atoms with Crippen LogP contribution in [0.3, 0.4) is 0 Å². The smallest absolute Gasteiger partial charge is 0.251 e. The molecule has 0 aliphatic carbocycles. The summed E-state index contributed by atoms with van der Waals surface area (Å²) in [6.07, 6.45) is 3.06. The summed E-state index contributed by atoms with van der Waals surface area (Å²) in [5.41, 5.74) is 2.28. The molecular formula is C18H18N4O3. The summed E-state index contributed by atoms with van der Waals surface area (Å²) in [4.78, 5) is 16.2. The molecule has 7 heteroatoms. The van der Waals surface area contributed by atoms with Crippen molar-refractivity contribution in [3.05, 3.63) is 66.2 Å². The minimum atomic E-state index is -0.164. The predicted molar refractivity (Wildman–Crippen MR) is 92.1 cm³/mol. The molecule has 2 aromatic carbocycles. The molecular weight excluding hydrogens is 320 g/mol. The summed E-state index contributed by atoms with van der Waals surface area (Å²) in [5.74, 6) is 1.21. The zero-order valence-corrected chi connectivity index (χ0v) is 14.0. The fourth-order valence-electron chi connectivity index (χ4n) is 2.38. The van der Waals surface area contributed by atoms with Crippen LogP contribution < -0.4 is 14.8 Å². The second kappa shape index (κ2) is 7.48. The number of hydrogen-bond acceptors (Lipinski definition) is 5. The number of carbonyl (C=O) groups excluding carboxylic acids is 1. The van der Waals surface area contributed by atoms with Crippen molar-refractivity contribution >= 4 is 5.91 Å². The Bertz CT molecular complexity index is 845. The van der Waals surface area contributed by atoms with Gasteiger partial charge in [0, 0.05) is 23.7 Å². The van der Waals surface area contributed by atoms with Gasteiger partial charge in [0.15, 0.2) is 0 Å². The summed E-state index contributed by atoms with van der Waals surface area (Å²) >= 11 is 0. The van der Waals surface area contributed by atoms with Crippen LogP contribution in [-0.4, -0.2) is 34.9 Å². The number of nitrogens with one attached hydrogen (secondary N) is 1. The average molecular weight is 338 g/mol. The minimum absolute atomic E-state index is 0.164. The van der Waals surface area contributed by atoms with Gasteiger partial charge in [-0.1, -0.05) is 0 Å². The van der Waals surface area contributed by atoms with Crippen LogP contribution in [0.1, 0.15) is 15.9 Å². The monoisotopic (exact) mass is 338 g/mol. The first-order valence-corrected chi connectivity index (χ1v) is 7.65. The van der Waals surface area contributed by atoms with E-state index in [0.717, 1.165) is 11.3 Å². The summed E-state index contributed by atoms with van der Waals surface area (Å²) < 4.78 is 12.1. The lowest BCUT2D eigenvalue weighted by Gasteiger charge is -2.11. The number of ether oxygens (including phenoxy) is 2. The number of rotatable bonds is 6. The number of nitrogens with zero attached hydrogens (tertiary/aromatic N) is 3. The molecule has 0 atom stereocenters. The Hall–Kier alpha value is -3.35. The van der Waals surface area contributed by atoms with Crippen molar-refractivity contribution in [1.29, 1.82) is 0 Å². The van der Waals surface area contributed by atoms with Crippen molar-refractivity contribution in [2.24, 2.45) is 0 Å². The summed E-state index contributed by atoms with van der Waals surface area (Å²) in [6.45, 7) is 0.358. The first-order valence-electron chi connectivity index (χ1n) is 7.65. The molecule has 0 radical (unpaired) electrons. The molecule has 1 aromatic heterocycles. The average Bonchev–Trinajstić information content (AvgIpc) is 3.20. The van der Waals surface area contributed by atoms with Gasteiger partial charge in [0.1, 0.15) is 24.2 Å². The Kier molecular flexibility index (Phi) is 4.94. The van der Waals surface area contributed by atoms with E-state index in [9.17, 15) is 4.79 Å². The normalized spacial score (nSPS) is 10.3. The first-order chi connectivity index (χ1) is 12.2.